The van der Waals surface area contributed by atoms with Crippen LogP contribution in [0.15, 0.2) is 30.6 Å². The second kappa shape index (κ2) is 5.94. The van der Waals surface area contributed by atoms with Crippen molar-refractivity contribution < 1.29 is 0 Å². The van der Waals surface area contributed by atoms with E-state index in [-0.39, 0.29) is 0 Å². The second-order valence-electron chi connectivity index (χ2n) is 6.09. The van der Waals surface area contributed by atoms with Crippen LogP contribution in [0.25, 0.3) is 5.65 Å². The Morgan fingerprint density at radius 1 is 1.40 bits per heavy atom. The molecule has 3 rings (SSSR count). The lowest BCUT2D eigenvalue weighted by Crippen LogP contribution is -2.41. The molecule has 1 N–H and O–H groups in total. The highest BCUT2D eigenvalue weighted by molar-refractivity contribution is 5.39. The van der Waals surface area contributed by atoms with Gasteiger partial charge in [0, 0.05) is 31.5 Å². The van der Waals surface area contributed by atoms with Crippen LogP contribution in [0.2, 0.25) is 0 Å². The van der Waals surface area contributed by atoms with Crippen LogP contribution in [-0.2, 0) is 6.54 Å². The number of fused-ring (bicyclic) bond motifs is 1. The lowest BCUT2D eigenvalue weighted by molar-refractivity contribution is 0.236. The SMILES string of the molecule is CC(C)C1CN(Cc2cn3ccccc3n2)CCCN1. The average Bonchev–Trinajstić information content (AvgIpc) is 2.68. The third-order valence-electron chi connectivity index (χ3n) is 4.12. The van der Waals surface area contributed by atoms with E-state index in [1.807, 2.05) is 12.1 Å². The zero-order valence-electron chi connectivity index (χ0n) is 12.4. The molecule has 1 aliphatic rings. The number of hydrogen-bond donors (Lipinski definition) is 1. The lowest BCUT2D eigenvalue weighted by atomic mass is 10.0. The Morgan fingerprint density at radius 2 is 2.30 bits per heavy atom. The number of nitrogens with one attached hydrogen (secondary N) is 1. The molecule has 2 aromatic heterocycles. The first kappa shape index (κ1) is 13.6. The van der Waals surface area contributed by atoms with Crippen LogP contribution in [-0.4, -0.2) is 40.0 Å². The van der Waals surface area contributed by atoms with Gasteiger partial charge in [-0.15, -0.1) is 0 Å². The summed E-state index contributed by atoms with van der Waals surface area (Å²) in [5, 5.41) is 3.66. The van der Waals surface area contributed by atoms with Gasteiger partial charge in [-0.05, 0) is 37.6 Å². The van der Waals surface area contributed by atoms with E-state index in [4.69, 9.17) is 4.98 Å². The smallest absolute Gasteiger partial charge is 0.137 e. The molecule has 2 aromatic rings. The van der Waals surface area contributed by atoms with E-state index < -0.39 is 0 Å². The standard InChI is InChI=1S/C16H24N4/c1-13(2)15-12-19(8-5-7-17-15)10-14-11-20-9-4-3-6-16(20)18-14/h3-4,6,9,11,13,15,17H,5,7-8,10,12H2,1-2H3. The number of aromatic nitrogens is 2. The first-order chi connectivity index (χ1) is 9.72. The average molecular weight is 272 g/mol. The van der Waals surface area contributed by atoms with E-state index in [2.05, 4.69) is 46.9 Å². The highest BCUT2D eigenvalue weighted by Gasteiger charge is 2.20. The Balaban J connectivity index is 1.72. The van der Waals surface area contributed by atoms with Crippen LogP contribution in [0.1, 0.15) is 26.0 Å². The molecule has 0 bridgehead atoms. The van der Waals surface area contributed by atoms with Crippen molar-refractivity contribution in [3.05, 3.63) is 36.3 Å². The number of hydrogen-bond acceptors (Lipinski definition) is 3. The predicted molar refractivity (Wildman–Crippen MR) is 81.7 cm³/mol. The molecule has 0 aliphatic carbocycles. The molecule has 4 heteroatoms. The molecule has 20 heavy (non-hydrogen) atoms. The summed E-state index contributed by atoms with van der Waals surface area (Å²) in [4.78, 5) is 7.24. The lowest BCUT2D eigenvalue weighted by Gasteiger charge is -2.26. The minimum atomic E-state index is 0.592. The number of imidazole rings is 1. The van der Waals surface area contributed by atoms with Gasteiger partial charge in [0.2, 0.25) is 0 Å². The highest BCUT2D eigenvalue weighted by Crippen LogP contribution is 2.12. The van der Waals surface area contributed by atoms with Gasteiger partial charge in [-0.1, -0.05) is 19.9 Å². The van der Waals surface area contributed by atoms with Gasteiger partial charge in [-0.2, -0.15) is 0 Å². The van der Waals surface area contributed by atoms with Crippen molar-refractivity contribution >= 4 is 5.65 Å². The van der Waals surface area contributed by atoms with Crippen molar-refractivity contribution in [3.8, 4) is 0 Å². The van der Waals surface area contributed by atoms with Crippen LogP contribution in [0, 0.1) is 5.92 Å². The fourth-order valence-electron chi connectivity index (χ4n) is 2.91. The molecule has 1 fully saturated rings. The van der Waals surface area contributed by atoms with Gasteiger partial charge in [0.1, 0.15) is 5.65 Å². The molecule has 0 spiro atoms. The Labute approximate surface area is 120 Å². The quantitative estimate of drug-likeness (QED) is 0.929. The molecule has 1 unspecified atom stereocenters. The van der Waals surface area contributed by atoms with Gasteiger partial charge in [0.05, 0.1) is 5.69 Å². The summed E-state index contributed by atoms with van der Waals surface area (Å²) in [5.41, 5.74) is 2.21. The van der Waals surface area contributed by atoms with E-state index in [1.54, 1.807) is 0 Å². The van der Waals surface area contributed by atoms with Crippen LogP contribution in [0.5, 0.6) is 0 Å². The highest BCUT2D eigenvalue weighted by atomic mass is 15.2. The first-order valence-electron chi connectivity index (χ1n) is 7.61. The summed E-state index contributed by atoms with van der Waals surface area (Å²) < 4.78 is 2.10. The molecule has 4 nitrogen and oxygen atoms in total. The minimum absolute atomic E-state index is 0.592. The second-order valence-corrected chi connectivity index (χ2v) is 6.09. The van der Waals surface area contributed by atoms with Gasteiger partial charge in [-0.25, -0.2) is 4.98 Å². The van der Waals surface area contributed by atoms with E-state index in [0.29, 0.717) is 12.0 Å². The number of nitrogens with zero attached hydrogens (tertiary/aromatic N) is 3. The maximum Gasteiger partial charge on any atom is 0.137 e. The monoisotopic (exact) mass is 272 g/mol. The molecule has 1 atom stereocenters. The van der Waals surface area contributed by atoms with Crippen LogP contribution >= 0.6 is 0 Å². The minimum Gasteiger partial charge on any atom is -0.312 e. The fraction of sp³-hybridized carbons (Fsp3) is 0.562. The van der Waals surface area contributed by atoms with Crippen molar-refractivity contribution in [3.63, 3.8) is 0 Å². The van der Waals surface area contributed by atoms with Gasteiger partial charge in [0.25, 0.3) is 0 Å². The molecular weight excluding hydrogens is 248 g/mol. The van der Waals surface area contributed by atoms with Crippen molar-refractivity contribution in [1.29, 1.82) is 0 Å². The summed E-state index contributed by atoms with van der Waals surface area (Å²) >= 11 is 0. The summed E-state index contributed by atoms with van der Waals surface area (Å²) in [7, 11) is 0. The summed E-state index contributed by atoms with van der Waals surface area (Å²) in [6.07, 6.45) is 5.43. The summed E-state index contributed by atoms with van der Waals surface area (Å²) in [6.45, 7) is 8.95. The summed E-state index contributed by atoms with van der Waals surface area (Å²) in [5.74, 6) is 0.677. The number of rotatable bonds is 3. The Bertz CT molecular complexity index is 527. The van der Waals surface area contributed by atoms with E-state index in [0.717, 1.165) is 31.8 Å². The van der Waals surface area contributed by atoms with Crippen LogP contribution < -0.4 is 5.32 Å². The maximum atomic E-state index is 4.71. The van der Waals surface area contributed by atoms with Gasteiger partial charge in [0.15, 0.2) is 0 Å². The Kier molecular flexibility index (Phi) is 4.03. The Morgan fingerprint density at radius 3 is 3.10 bits per heavy atom. The van der Waals surface area contributed by atoms with E-state index in [1.165, 1.54) is 12.1 Å². The molecular formula is C16H24N4. The molecule has 108 valence electrons. The first-order valence-corrected chi connectivity index (χ1v) is 7.61. The normalized spacial score (nSPS) is 21.4. The molecule has 0 amide bonds. The van der Waals surface area contributed by atoms with Crippen molar-refractivity contribution in [2.24, 2.45) is 5.92 Å². The zero-order valence-corrected chi connectivity index (χ0v) is 12.4. The van der Waals surface area contributed by atoms with Crippen LogP contribution in [0.4, 0.5) is 0 Å². The largest absolute Gasteiger partial charge is 0.312 e. The molecule has 0 aromatic carbocycles. The topological polar surface area (TPSA) is 32.6 Å². The summed E-state index contributed by atoms with van der Waals surface area (Å²) in [6, 6.07) is 6.74. The molecule has 0 saturated carbocycles. The fourth-order valence-corrected chi connectivity index (χ4v) is 2.91. The molecule has 1 saturated heterocycles. The molecule has 3 heterocycles. The van der Waals surface area contributed by atoms with E-state index in [9.17, 15) is 0 Å². The van der Waals surface area contributed by atoms with Crippen molar-refractivity contribution in [2.75, 3.05) is 19.6 Å². The van der Waals surface area contributed by atoms with Gasteiger partial charge < -0.3 is 9.72 Å². The molecule has 0 radical (unpaired) electrons. The van der Waals surface area contributed by atoms with Gasteiger partial charge >= 0.3 is 0 Å². The van der Waals surface area contributed by atoms with Crippen molar-refractivity contribution in [1.82, 2.24) is 19.6 Å². The van der Waals surface area contributed by atoms with Gasteiger partial charge in [-0.3, -0.25) is 4.90 Å². The number of pyridine rings is 1. The maximum absolute atomic E-state index is 4.71. The third kappa shape index (κ3) is 3.02. The van der Waals surface area contributed by atoms with Crippen LogP contribution in [0.3, 0.4) is 0 Å². The Hall–Kier alpha value is -1.39. The molecule has 1 aliphatic heterocycles. The predicted octanol–water partition coefficient (Wildman–Crippen LogP) is 2.15. The third-order valence-corrected chi connectivity index (χ3v) is 4.12. The zero-order chi connectivity index (χ0) is 13.9. The van der Waals surface area contributed by atoms with E-state index >= 15 is 0 Å². The van der Waals surface area contributed by atoms with Crippen molar-refractivity contribution in [2.45, 2.75) is 32.9 Å².